The number of nitrogens with zero attached hydrogens (tertiary/aromatic N) is 2. The van der Waals surface area contributed by atoms with Crippen molar-refractivity contribution in [2.75, 3.05) is 13.2 Å². The van der Waals surface area contributed by atoms with Gasteiger partial charge in [-0.2, -0.15) is 0 Å². The topological polar surface area (TPSA) is 79.7 Å². The standard InChI is InChI=1S/C20H16N2O4/c1-2-20(25)14-8-16-17-13(7-11-5-3-4-6-15(11)21-17)18(23)22(16)9-12(14)10-26-19(20)24/h3-8,25H,2,9-10H2,1H3/t20-/m0/s1. The molecule has 0 fully saturated rings. The lowest BCUT2D eigenvalue weighted by Crippen LogP contribution is -2.48. The fraction of sp³-hybridized carbons (Fsp3) is 0.250. The Hall–Kier alpha value is -2.99. The quantitative estimate of drug-likeness (QED) is 0.798. The molecule has 0 unspecified atom stereocenters. The first kappa shape index (κ1) is 15.3. The molecule has 2 aromatic rings. The Labute approximate surface area is 149 Å². The van der Waals surface area contributed by atoms with Crippen LogP contribution in [0.3, 0.4) is 0 Å². The highest BCUT2D eigenvalue weighted by Gasteiger charge is 2.48. The third-order valence-corrected chi connectivity index (χ3v) is 5.42. The summed E-state index contributed by atoms with van der Waals surface area (Å²) in [4.78, 5) is 31.4. The Kier molecular flexibility index (Phi) is 2.95. The summed E-state index contributed by atoms with van der Waals surface area (Å²) < 4.78 is 5.15. The molecule has 5 rings (SSSR count). The highest BCUT2D eigenvalue weighted by molar-refractivity contribution is 6.11. The van der Waals surface area contributed by atoms with Gasteiger partial charge in [-0.25, -0.2) is 9.78 Å². The van der Waals surface area contributed by atoms with E-state index in [1.807, 2.05) is 30.3 Å². The van der Waals surface area contributed by atoms with Crippen LogP contribution in [-0.2, 0) is 9.53 Å². The van der Waals surface area contributed by atoms with E-state index in [0.29, 0.717) is 29.1 Å². The normalized spacial score (nSPS) is 24.2. The maximum absolute atomic E-state index is 12.9. The maximum Gasteiger partial charge on any atom is 0.343 e. The molecule has 3 aliphatic heterocycles. The Morgan fingerprint density at radius 1 is 1.31 bits per heavy atom. The molecule has 130 valence electrons. The number of carbonyl (C=O) groups excluding carboxylic acids is 2. The van der Waals surface area contributed by atoms with Crippen molar-refractivity contribution in [3.05, 3.63) is 58.8 Å². The Bertz CT molecular complexity index is 1070. The molecule has 26 heavy (non-hydrogen) atoms. The van der Waals surface area contributed by atoms with Crippen molar-refractivity contribution in [3.63, 3.8) is 0 Å². The molecule has 1 aromatic heterocycles. The predicted octanol–water partition coefficient (Wildman–Crippen LogP) is 2.04. The number of aromatic nitrogens is 1. The van der Waals surface area contributed by atoms with E-state index >= 15 is 0 Å². The highest BCUT2D eigenvalue weighted by atomic mass is 16.6. The number of cyclic esters (lactones) is 1. The van der Waals surface area contributed by atoms with E-state index in [-0.39, 0.29) is 18.9 Å². The number of carbonyl (C=O) groups is 2. The van der Waals surface area contributed by atoms with Gasteiger partial charge in [0.15, 0.2) is 5.60 Å². The second kappa shape index (κ2) is 5.02. The van der Waals surface area contributed by atoms with Crippen LogP contribution in [0.1, 0.15) is 29.4 Å². The third kappa shape index (κ3) is 1.82. The van der Waals surface area contributed by atoms with Gasteiger partial charge in [0.25, 0.3) is 5.91 Å². The van der Waals surface area contributed by atoms with Gasteiger partial charge >= 0.3 is 5.97 Å². The van der Waals surface area contributed by atoms with E-state index < -0.39 is 11.6 Å². The molecule has 0 saturated heterocycles. The van der Waals surface area contributed by atoms with Crippen LogP contribution >= 0.6 is 0 Å². The molecule has 0 bridgehead atoms. The molecule has 4 heterocycles. The van der Waals surface area contributed by atoms with E-state index in [9.17, 15) is 14.7 Å². The Balaban J connectivity index is 1.73. The largest absolute Gasteiger partial charge is 0.459 e. The average Bonchev–Trinajstić information content (AvgIpc) is 2.93. The zero-order valence-corrected chi connectivity index (χ0v) is 14.2. The number of ether oxygens (including phenoxy) is 1. The molecule has 3 aliphatic rings. The van der Waals surface area contributed by atoms with Crippen LogP contribution in [0.4, 0.5) is 0 Å². The van der Waals surface area contributed by atoms with Crippen LogP contribution in [0.25, 0.3) is 16.6 Å². The first-order valence-electron chi connectivity index (χ1n) is 8.59. The minimum absolute atomic E-state index is 0.0930. The van der Waals surface area contributed by atoms with Crippen molar-refractivity contribution in [1.82, 2.24) is 9.88 Å². The molecule has 6 nitrogen and oxygen atoms in total. The van der Waals surface area contributed by atoms with Crippen molar-refractivity contribution < 1.29 is 19.4 Å². The molecule has 0 aliphatic carbocycles. The van der Waals surface area contributed by atoms with Crippen molar-refractivity contribution >= 4 is 28.5 Å². The van der Waals surface area contributed by atoms with Crippen LogP contribution in [0.2, 0.25) is 0 Å². The van der Waals surface area contributed by atoms with Gasteiger partial charge in [0.1, 0.15) is 12.3 Å². The van der Waals surface area contributed by atoms with Gasteiger partial charge in [-0.1, -0.05) is 25.1 Å². The molecular weight excluding hydrogens is 332 g/mol. The Morgan fingerprint density at radius 2 is 2.12 bits per heavy atom. The SMILES string of the molecule is CC[C@@]1(O)C(=O)OCC2=C1C=C1c3nc4ccccc4cc3C(=O)N1C2. The lowest BCUT2D eigenvalue weighted by Gasteiger charge is -2.37. The van der Waals surface area contributed by atoms with Crippen LogP contribution < -0.4 is 0 Å². The third-order valence-electron chi connectivity index (χ3n) is 5.42. The van der Waals surface area contributed by atoms with E-state index in [1.54, 1.807) is 17.9 Å². The summed E-state index contributed by atoms with van der Waals surface area (Å²) in [5.74, 6) is -0.756. The molecule has 1 atom stereocenters. The molecule has 6 heteroatoms. The zero-order chi connectivity index (χ0) is 18.1. The smallest absolute Gasteiger partial charge is 0.343 e. The summed E-state index contributed by atoms with van der Waals surface area (Å²) in [5.41, 5.74) is 2.20. The van der Waals surface area contributed by atoms with Crippen LogP contribution in [-0.4, -0.2) is 45.6 Å². The summed E-state index contributed by atoms with van der Waals surface area (Å²) in [6.45, 7) is 2.12. The monoisotopic (exact) mass is 348 g/mol. The summed E-state index contributed by atoms with van der Waals surface area (Å²) in [6.07, 6.45) is 1.94. The number of aliphatic hydroxyl groups is 1. The van der Waals surface area contributed by atoms with E-state index in [1.165, 1.54) is 0 Å². The number of fused-ring (bicyclic) bond motifs is 4. The number of pyridine rings is 1. The first-order chi connectivity index (χ1) is 12.5. The van der Waals surface area contributed by atoms with Crippen molar-refractivity contribution in [3.8, 4) is 0 Å². The number of hydrogen-bond acceptors (Lipinski definition) is 5. The maximum atomic E-state index is 12.9. The number of benzene rings is 1. The molecular formula is C20H16N2O4. The molecule has 0 radical (unpaired) electrons. The van der Waals surface area contributed by atoms with Gasteiger partial charge in [-0.3, -0.25) is 4.79 Å². The molecule has 0 saturated carbocycles. The van der Waals surface area contributed by atoms with Gasteiger partial charge < -0.3 is 14.7 Å². The lowest BCUT2D eigenvalue weighted by atomic mass is 9.83. The minimum Gasteiger partial charge on any atom is -0.459 e. The summed E-state index contributed by atoms with van der Waals surface area (Å²) in [6, 6.07) is 9.49. The van der Waals surface area contributed by atoms with Crippen LogP contribution in [0.5, 0.6) is 0 Å². The number of esters is 1. The highest BCUT2D eigenvalue weighted by Crippen LogP contribution is 2.42. The molecule has 1 N–H and O–H groups in total. The van der Waals surface area contributed by atoms with Crippen molar-refractivity contribution in [2.45, 2.75) is 18.9 Å². The first-order valence-corrected chi connectivity index (χ1v) is 8.59. The van der Waals surface area contributed by atoms with E-state index in [0.717, 1.165) is 16.5 Å². The Morgan fingerprint density at radius 3 is 2.92 bits per heavy atom. The summed E-state index contributed by atoms with van der Waals surface area (Å²) in [5, 5.41) is 11.8. The average molecular weight is 348 g/mol. The minimum atomic E-state index is -1.67. The lowest BCUT2D eigenvalue weighted by molar-refractivity contribution is -0.163. The fourth-order valence-corrected chi connectivity index (χ4v) is 3.93. The number of hydrogen-bond donors (Lipinski definition) is 1. The zero-order valence-electron chi connectivity index (χ0n) is 14.2. The second-order valence-corrected chi connectivity index (χ2v) is 6.81. The van der Waals surface area contributed by atoms with Gasteiger partial charge in [-0.15, -0.1) is 0 Å². The summed E-state index contributed by atoms with van der Waals surface area (Å²) in [7, 11) is 0. The van der Waals surface area contributed by atoms with Gasteiger partial charge in [-0.05, 0) is 30.2 Å². The molecule has 1 aromatic carbocycles. The van der Waals surface area contributed by atoms with Crippen molar-refractivity contribution in [2.24, 2.45) is 0 Å². The molecule has 0 spiro atoms. The van der Waals surface area contributed by atoms with Crippen LogP contribution in [0, 0.1) is 0 Å². The number of amides is 1. The number of rotatable bonds is 1. The summed E-state index contributed by atoms with van der Waals surface area (Å²) >= 11 is 0. The molecule has 1 amide bonds. The van der Waals surface area contributed by atoms with E-state index in [2.05, 4.69) is 4.98 Å². The predicted molar refractivity (Wildman–Crippen MR) is 94.0 cm³/mol. The van der Waals surface area contributed by atoms with Gasteiger partial charge in [0.05, 0.1) is 23.3 Å². The second-order valence-electron chi connectivity index (χ2n) is 6.81. The van der Waals surface area contributed by atoms with Crippen LogP contribution in [0.15, 0.2) is 47.6 Å². The van der Waals surface area contributed by atoms with E-state index in [4.69, 9.17) is 4.74 Å². The fourth-order valence-electron chi connectivity index (χ4n) is 3.93. The van der Waals surface area contributed by atoms with Crippen molar-refractivity contribution in [1.29, 1.82) is 0 Å². The van der Waals surface area contributed by atoms with Gasteiger partial charge in [0, 0.05) is 11.0 Å². The van der Waals surface area contributed by atoms with Gasteiger partial charge in [0.2, 0.25) is 0 Å². The number of para-hydroxylation sites is 1.